The molecule has 1 amide bonds. The maximum atomic E-state index is 13.0. The zero-order chi connectivity index (χ0) is 22.4. The Morgan fingerprint density at radius 3 is 2.43 bits per heavy atom. The Kier molecular flexibility index (Phi) is 5.33. The second kappa shape index (κ2) is 7.48. The molecule has 1 aromatic carbocycles. The van der Waals surface area contributed by atoms with Crippen molar-refractivity contribution in [2.75, 3.05) is 5.32 Å². The van der Waals surface area contributed by atoms with Crippen molar-refractivity contribution in [1.82, 2.24) is 19.3 Å². The summed E-state index contributed by atoms with van der Waals surface area (Å²) in [5.74, 6) is -0.537. The summed E-state index contributed by atoms with van der Waals surface area (Å²) in [7, 11) is 0.907. The molecule has 0 radical (unpaired) electrons. The van der Waals surface area contributed by atoms with E-state index in [1.54, 1.807) is 13.8 Å². The van der Waals surface area contributed by atoms with E-state index in [-0.39, 0.29) is 16.4 Å². The lowest BCUT2D eigenvalue weighted by atomic mass is 10.2. The number of hydrogen-bond donors (Lipinski definition) is 2. The molecule has 8 nitrogen and oxygen atoms in total. The number of rotatable bonds is 3. The van der Waals surface area contributed by atoms with Crippen LogP contribution in [0, 0.1) is 13.8 Å². The lowest BCUT2D eigenvalue weighted by Gasteiger charge is -2.15. The highest BCUT2D eigenvalue weighted by molar-refractivity contribution is 6.34. The van der Waals surface area contributed by atoms with Gasteiger partial charge in [0.05, 0.1) is 27.7 Å². The molecule has 2 N–H and O–H groups in total. The number of aromatic nitrogens is 4. The molecule has 158 valence electrons. The molecular weight excluding hydrogens is 427 g/mol. The summed E-state index contributed by atoms with van der Waals surface area (Å²) in [6.45, 7) is 3.28. The summed E-state index contributed by atoms with van der Waals surface area (Å²) in [5, 5.41) is 9.25. The Balaban J connectivity index is 2.09. The molecule has 0 aliphatic carbocycles. The monoisotopic (exact) mass is 441 g/mol. The number of benzene rings is 1. The van der Waals surface area contributed by atoms with Crippen LogP contribution < -0.4 is 16.6 Å². The lowest BCUT2D eigenvalue weighted by molar-refractivity contribution is -0.144. The second-order valence-electron chi connectivity index (χ2n) is 6.47. The number of nitrogens with zero attached hydrogens (tertiary/aromatic N) is 3. The lowest BCUT2D eigenvalue weighted by Crippen LogP contribution is -2.40. The third-order valence-electron chi connectivity index (χ3n) is 4.42. The maximum Gasteiger partial charge on any atom is 0.431 e. The molecule has 0 bridgehead atoms. The van der Waals surface area contributed by atoms with Gasteiger partial charge in [-0.1, -0.05) is 11.6 Å². The van der Waals surface area contributed by atoms with Crippen molar-refractivity contribution in [3.8, 4) is 5.69 Å². The number of amides is 1. The van der Waals surface area contributed by atoms with Crippen LogP contribution in [-0.4, -0.2) is 25.2 Å². The minimum atomic E-state index is -4.87. The number of H-pyrrole nitrogens is 1. The third-order valence-corrected chi connectivity index (χ3v) is 4.75. The van der Waals surface area contributed by atoms with Gasteiger partial charge in [0, 0.05) is 18.8 Å². The summed E-state index contributed by atoms with van der Waals surface area (Å²) in [5.41, 5.74) is -2.48. The van der Waals surface area contributed by atoms with Crippen LogP contribution in [0.15, 0.2) is 33.9 Å². The van der Waals surface area contributed by atoms with Crippen molar-refractivity contribution in [1.29, 1.82) is 0 Å². The molecule has 0 spiro atoms. The average Bonchev–Trinajstić information content (AvgIpc) is 2.98. The quantitative estimate of drug-likeness (QED) is 0.652. The van der Waals surface area contributed by atoms with E-state index in [0.29, 0.717) is 32.2 Å². The Labute approximate surface area is 171 Å². The van der Waals surface area contributed by atoms with E-state index in [9.17, 15) is 27.6 Å². The van der Waals surface area contributed by atoms with E-state index >= 15 is 0 Å². The number of carbonyl (C=O) groups is 1. The van der Waals surface area contributed by atoms with Crippen LogP contribution >= 0.6 is 11.6 Å². The summed E-state index contributed by atoms with van der Waals surface area (Å²) in [4.78, 5) is 37.3. The van der Waals surface area contributed by atoms with E-state index in [2.05, 4.69) is 15.5 Å². The van der Waals surface area contributed by atoms with Gasteiger partial charge in [-0.15, -0.1) is 0 Å². The zero-order valence-corrected chi connectivity index (χ0v) is 16.6. The first-order valence-electron chi connectivity index (χ1n) is 8.45. The average molecular weight is 442 g/mol. The smallest absolute Gasteiger partial charge is 0.320 e. The number of halogens is 4. The molecule has 30 heavy (non-hydrogen) atoms. The van der Waals surface area contributed by atoms with Crippen LogP contribution in [0.5, 0.6) is 0 Å². The number of aryl methyl sites for hydroxylation is 2. The molecular formula is C18H15ClF3N5O3. The van der Waals surface area contributed by atoms with Crippen LogP contribution in [0.1, 0.15) is 27.4 Å². The SMILES string of the molecule is Cc1n[nH]c(C)c1C(=O)Nc1cc(-n2c(=O)cc(C(F)(F)F)n(C)c2=O)ccc1Cl. The van der Waals surface area contributed by atoms with E-state index in [4.69, 9.17) is 11.6 Å². The summed E-state index contributed by atoms with van der Waals surface area (Å²) in [6, 6.07) is 4.14. The first-order chi connectivity index (χ1) is 13.9. The predicted molar refractivity (Wildman–Crippen MR) is 103 cm³/mol. The van der Waals surface area contributed by atoms with Crippen molar-refractivity contribution in [3.05, 3.63) is 72.8 Å². The van der Waals surface area contributed by atoms with Crippen molar-refractivity contribution in [2.45, 2.75) is 20.0 Å². The van der Waals surface area contributed by atoms with Crippen LogP contribution in [-0.2, 0) is 13.2 Å². The van der Waals surface area contributed by atoms with E-state index in [0.717, 1.165) is 7.05 Å². The number of aromatic amines is 1. The van der Waals surface area contributed by atoms with E-state index in [1.165, 1.54) is 18.2 Å². The van der Waals surface area contributed by atoms with Crippen molar-refractivity contribution < 1.29 is 18.0 Å². The van der Waals surface area contributed by atoms with Gasteiger partial charge in [-0.05, 0) is 32.0 Å². The molecule has 2 heterocycles. The largest absolute Gasteiger partial charge is 0.431 e. The third kappa shape index (κ3) is 3.75. The van der Waals surface area contributed by atoms with Crippen LogP contribution in [0.4, 0.5) is 18.9 Å². The molecule has 0 unspecified atom stereocenters. The van der Waals surface area contributed by atoms with Gasteiger partial charge in [0.2, 0.25) is 0 Å². The van der Waals surface area contributed by atoms with Gasteiger partial charge in [0.25, 0.3) is 11.5 Å². The van der Waals surface area contributed by atoms with Crippen LogP contribution in [0.25, 0.3) is 5.69 Å². The summed E-state index contributed by atoms with van der Waals surface area (Å²) >= 11 is 6.11. The Hall–Kier alpha value is -3.34. The van der Waals surface area contributed by atoms with Crippen molar-refractivity contribution in [3.63, 3.8) is 0 Å². The van der Waals surface area contributed by atoms with Gasteiger partial charge in [0.1, 0.15) is 5.69 Å². The van der Waals surface area contributed by atoms with Gasteiger partial charge in [-0.3, -0.25) is 19.3 Å². The number of anilines is 1. The highest BCUT2D eigenvalue weighted by atomic mass is 35.5. The molecule has 3 aromatic rings. The molecule has 3 rings (SSSR count). The summed E-state index contributed by atoms with van der Waals surface area (Å²) < 4.78 is 39.9. The minimum absolute atomic E-state index is 0.0605. The number of nitrogens with one attached hydrogen (secondary N) is 2. The van der Waals surface area contributed by atoms with Gasteiger partial charge in [-0.25, -0.2) is 9.36 Å². The van der Waals surface area contributed by atoms with Crippen molar-refractivity contribution >= 4 is 23.2 Å². The van der Waals surface area contributed by atoms with E-state index < -0.39 is 29.0 Å². The Morgan fingerprint density at radius 2 is 1.87 bits per heavy atom. The second-order valence-corrected chi connectivity index (χ2v) is 6.88. The van der Waals surface area contributed by atoms with Crippen molar-refractivity contribution in [2.24, 2.45) is 7.05 Å². The fourth-order valence-corrected chi connectivity index (χ4v) is 3.12. The normalized spacial score (nSPS) is 11.6. The molecule has 0 saturated carbocycles. The van der Waals surface area contributed by atoms with Gasteiger partial charge in [-0.2, -0.15) is 18.3 Å². The topological polar surface area (TPSA) is 102 Å². The van der Waals surface area contributed by atoms with Gasteiger partial charge < -0.3 is 5.32 Å². The summed E-state index contributed by atoms with van der Waals surface area (Å²) in [6.07, 6.45) is -4.87. The highest BCUT2D eigenvalue weighted by Gasteiger charge is 2.35. The van der Waals surface area contributed by atoms with Crippen LogP contribution in [0.2, 0.25) is 5.02 Å². The molecule has 0 atom stereocenters. The molecule has 0 saturated heterocycles. The molecule has 0 aliphatic heterocycles. The molecule has 0 aliphatic rings. The zero-order valence-electron chi connectivity index (χ0n) is 15.9. The molecule has 0 fully saturated rings. The standard InChI is InChI=1S/C18H15ClF3N5O3/c1-8-15(9(2)25-24-8)16(29)23-12-6-10(4-5-11(12)19)27-14(28)7-13(18(20,21)22)26(3)17(27)30/h4-7H,1-3H3,(H,23,29)(H,24,25). The molecule has 2 aromatic heterocycles. The van der Waals surface area contributed by atoms with Gasteiger partial charge in [0.15, 0.2) is 0 Å². The first-order valence-corrected chi connectivity index (χ1v) is 8.82. The van der Waals surface area contributed by atoms with Gasteiger partial charge >= 0.3 is 11.9 Å². The number of alkyl halides is 3. The van der Waals surface area contributed by atoms with E-state index in [1.807, 2.05) is 0 Å². The Bertz CT molecular complexity index is 1250. The first kappa shape index (κ1) is 21.4. The Morgan fingerprint density at radius 1 is 1.20 bits per heavy atom. The van der Waals surface area contributed by atoms with Crippen LogP contribution in [0.3, 0.4) is 0 Å². The molecule has 12 heteroatoms. The number of hydrogen-bond acceptors (Lipinski definition) is 4. The fourth-order valence-electron chi connectivity index (χ4n) is 2.95. The minimum Gasteiger partial charge on any atom is -0.320 e. The highest BCUT2D eigenvalue weighted by Crippen LogP contribution is 2.28. The predicted octanol–water partition coefficient (Wildman–Crippen LogP) is 2.80. The maximum absolute atomic E-state index is 13.0. The fraction of sp³-hybridized carbons (Fsp3) is 0.222. The number of carbonyl (C=O) groups excluding carboxylic acids is 1.